The molecule has 1 aromatic rings. The van der Waals surface area contributed by atoms with Gasteiger partial charge in [0.05, 0.1) is 23.7 Å². The third-order valence-corrected chi connectivity index (χ3v) is 5.60. The highest BCUT2D eigenvalue weighted by Gasteiger charge is 2.43. The predicted molar refractivity (Wildman–Crippen MR) is 76.1 cm³/mol. The molecule has 5 heteroatoms. The van der Waals surface area contributed by atoms with E-state index in [2.05, 4.69) is 0 Å². The molecule has 0 saturated heterocycles. The molecular formula is C15H20O4S. The molecule has 0 spiro atoms. The highest BCUT2D eigenvalue weighted by atomic mass is 32.2. The maximum Gasteiger partial charge on any atom is 0.308 e. The second-order valence-electron chi connectivity index (χ2n) is 5.21. The fourth-order valence-electron chi connectivity index (χ4n) is 2.42. The standard InChI is InChI=1S/C15H20O4S/c1-3-20(17,18)13-6-4-5-11(9-13)7-8-12-10-14(12)15(16)19-2/h4-6,9,12,14H,3,7-8,10H2,1-2H3. The van der Waals surface area contributed by atoms with E-state index in [1.54, 1.807) is 25.1 Å². The van der Waals surface area contributed by atoms with Gasteiger partial charge in [0.2, 0.25) is 0 Å². The second kappa shape index (κ2) is 5.95. The van der Waals surface area contributed by atoms with Crippen LogP contribution >= 0.6 is 0 Å². The second-order valence-corrected chi connectivity index (χ2v) is 7.49. The SMILES string of the molecule is CCS(=O)(=O)c1cccc(CCC2CC2C(=O)OC)c1. The van der Waals surface area contributed by atoms with Crippen LogP contribution in [0.4, 0.5) is 0 Å². The Morgan fingerprint density at radius 3 is 2.80 bits per heavy atom. The number of aryl methyl sites for hydroxylation is 1. The average Bonchev–Trinajstić information content (AvgIpc) is 3.24. The van der Waals surface area contributed by atoms with Crippen molar-refractivity contribution in [2.75, 3.05) is 12.9 Å². The van der Waals surface area contributed by atoms with Crippen LogP contribution in [0.1, 0.15) is 25.3 Å². The molecule has 0 aromatic heterocycles. The van der Waals surface area contributed by atoms with Crippen LogP contribution in [0.5, 0.6) is 0 Å². The van der Waals surface area contributed by atoms with Crippen LogP contribution in [0.2, 0.25) is 0 Å². The number of esters is 1. The van der Waals surface area contributed by atoms with E-state index in [0.29, 0.717) is 10.8 Å². The van der Waals surface area contributed by atoms with Gasteiger partial charge in [0.25, 0.3) is 0 Å². The Morgan fingerprint density at radius 1 is 1.40 bits per heavy atom. The maximum atomic E-state index is 11.8. The minimum atomic E-state index is -3.15. The first-order chi connectivity index (χ1) is 9.47. The highest BCUT2D eigenvalue weighted by Crippen LogP contribution is 2.42. The molecule has 4 nitrogen and oxygen atoms in total. The number of methoxy groups -OCH3 is 1. The van der Waals surface area contributed by atoms with Gasteiger partial charge in [0, 0.05) is 0 Å². The highest BCUT2D eigenvalue weighted by molar-refractivity contribution is 7.91. The van der Waals surface area contributed by atoms with Crippen LogP contribution in [0, 0.1) is 11.8 Å². The van der Waals surface area contributed by atoms with Crippen LogP contribution < -0.4 is 0 Å². The normalized spacial score (nSPS) is 21.5. The molecular weight excluding hydrogens is 276 g/mol. The van der Waals surface area contributed by atoms with Gasteiger partial charge in [-0.05, 0) is 42.9 Å². The molecule has 0 radical (unpaired) electrons. The van der Waals surface area contributed by atoms with E-state index in [4.69, 9.17) is 4.74 Å². The summed E-state index contributed by atoms with van der Waals surface area (Å²) in [5, 5.41) is 0. The molecule has 1 aromatic carbocycles. The molecule has 2 atom stereocenters. The lowest BCUT2D eigenvalue weighted by atomic mass is 10.1. The van der Waals surface area contributed by atoms with Crippen LogP contribution in [0.3, 0.4) is 0 Å². The molecule has 0 aliphatic heterocycles. The lowest BCUT2D eigenvalue weighted by Crippen LogP contribution is -2.05. The van der Waals surface area contributed by atoms with Gasteiger partial charge in [0.15, 0.2) is 9.84 Å². The number of rotatable bonds is 6. The van der Waals surface area contributed by atoms with E-state index in [1.165, 1.54) is 7.11 Å². The Labute approximate surface area is 120 Å². The van der Waals surface area contributed by atoms with Gasteiger partial charge in [-0.1, -0.05) is 19.1 Å². The molecule has 2 unspecified atom stereocenters. The smallest absolute Gasteiger partial charge is 0.308 e. The third kappa shape index (κ3) is 3.39. The van der Waals surface area contributed by atoms with Crippen molar-refractivity contribution >= 4 is 15.8 Å². The summed E-state index contributed by atoms with van der Waals surface area (Å²) in [6.45, 7) is 1.65. The first-order valence-electron chi connectivity index (χ1n) is 6.87. The zero-order valence-electron chi connectivity index (χ0n) is 11.8. The zero-order chi connectivity index (χ0) is 14.8. The van der Waals surface area contributed by atoms with Crippen LogP contribution in [-0.2, 0) is 25.8 Å². The quantitative estimate of drug-likeness (QED) is 0.755. The molecule has 0 N–H and O–H groups in total. The molecule has 20 heavy (non-hydrogen) atoms. The summed E-state index contributed by atoms with van der Waals surface area (Å²) in [7, 11) is -1.73. The van der Waals surface area contributed by atoms with Gasteiger partial charge in [-0.2, -0.15) is 0 Å². The molecule has 1 aliphatic carbocycles. The number of hydrogen-bond donors (Lipinski definition) is 0. The van der Waals surface area contributed by atoms with Crippen LogP contribution in [0.15, 0.2) is 29.2 Å². The monoisotopic (exact) mass is 296 g/mol. The topological polar surface area (TPSA) is 60.4 Å². The number of carbonyl (C=O) groups excluding carboxylic acids is 1. The Hall–Kier alpha value is -1.36. The van der Waals surface area contributed by atoms with Crippen molar-refractivity contribution < 1.29 is 17.9 Å². The largest absolute Gasteiger partial charge is 0.469 e. The van der Waals surface area contributed by atoms with Gasteiger partial charge < -0.3 is 4.74 Å². The first kappa shape index (κ1) is 15.0. The van der Waals surface area contributed by atoms with E-state index in [-0.39, 0.29) is 17.6 Å². The molecule has 0 amide bonds. The molecule has 1 fully saturated rings. The van der Waals surface area contributed by atoms with E-state index in [0.717, 1.165) is 24.8 Å². The Kier molecular flexibility index (Phi) is 4.48. The molecule has 1 aliphatic rings. The first-order valence-corrected chi connectivity index (χ1v) is 8.52. The van der Waals surface area contributed by atoms with Crippen molar-refractivity contribution in [2.45, 2.75) is 31.1 Å². The van der Waals surface area contributed by atoms with Crippen LogP contribution in [0.25, 0.3) is 0 Å². The molecule has 1 saturated carbocycles. The fraction of sp³-hybridized carbons (Fsp3) is 0.533. The Bertz CT molecular complexity index is 592. The zero-order valence-corrected chi connectivity index (χ0v) is 12.7. The number of carbonyl (C=O) groups is 1. The van der Waals surface area contributed by atoms with Crippen molar-refractivity contribution in [1.29, 1.82) is 0 Å². The summed E-state index contributed by atoms with van der Waals surface area (Å²) in [6.07, 6.45) is 2.58. The summed E-state index contributed by atoms with van der Waals surface area (Å²) in [5.41, 5.74) is 1.01. The van der Waals surface area contributed by atoms with Crippen molar-refractivity contribution in [1.82, 2.24) is 0 Å². The molecule has 0 bridgehead atoms. The van der Waals surface area contributed by atoms with Crippen molar-refractivity contribution in [3.63, 3.8) is 0 Å². The van der Waals surface area contributed by atoms with E-state index in [1.807, 2.05) is 6.07 Å². The van der Waals surface area contributed by atoms with E-state index < -0.39 is 9.84 Å². The van der Waals surface area contributed by atoms with Gasteiger partial charge in [-0.15, -0.1) is 0 Å². The van der Waals surface area contributed by atoms with Gasteiger partial charge in [0.1, 0.15) is 0 Å². The van der Waals surface area contributed by atoms with Crippen molar-refractivity contribution in [3.8, 4) is 0 Å². The van der Waals surface area contributed by atoms with Crippen molar-refractivity contribution in [2.24, 2.45) is 11.8 Å². The summed E-state index contributed by atoms with van der Waals surface area (Å²) in [4.78, 5) is 11.7. The number of sulfone groups is 1. The third-order valence-electron chi connectivity index (χ3n) is 3.87. The minimum Gasteiger partial charge on any atom is -0.469 e. The van der Waals surface area contributed by atoms with Crippen LogP contribution in [-0.4, -0.2) is 27.2 Å². The summed E-state index contributed by atoms with van der Waals surface area (Å²) in [6, 6.07) is 7.10. The lowest BCUT2D eigenvalue weighted by molar-refractivity contribution is -0.142. The molecule has 2 rings (SSSR count). The average molecular weight is 296 g/mol. The van der Waals surface area contributed by atoms with Gasteiger partial charge >= 0.3 is 5.97 Å². The number of benzene rings is 1. The number of ether oxygens (including phenoxy) is 1. The van der Waals surface area contributed by atoms with Gasteiger partial charge in [-0.25, -0.2) is 8.42 Å². The summed E-state index contributed by atoms with van der Waals surface area (Å²) < 4.78 is 28.4. The van der Waals surface area contributed by atoms with Crippen molar-refractivity contribution in [3.05, 3.63) is 29.8 Å². The van der Waals surface area contributed by atoms with E-state index in [9.17, 15) is 13.2 Å². The van der Waals surface area contributed by atoms with E-state index >= 15 is 0 Å². The summed E-state index contributed by atoms with van der Waals surface area (Å²) in [5.74, 6) is 0.414. The maximum absolute atomic E-state index is 11.8. The Balaban J connectivity index is 1.95. The number of hydrogen-bond acceptors (Lipinski definition) is 4. The minimum absolute atomic E-state index is 0.0440. The molecule has 110 valence electrons. The molecule has 0 heterocycles. The predicted octanol–water partition coefficient (Wildman–Crippen LogP) is 2.22. The fourth-order valence-corrected chi connectivity index (χ4v) is 3.37. The summed E-state index contributed by atoms with van der Waals surface area (Å²) >= 11 is 0. The van der Waals surface area contributed by atoms with Gasteiger partial charge in [-0.3, -0.25) is 4.79 Å². The lowest BCUT2D eigenvalue weighted by Gasteiger charge is -2.05. The Morgan fingerprint density at radius 2 is 2.15 bits per heavy atom.